The minimum absolute atomic E-state index is 0.265. The van der Waals surface area contributed by atoms with Crippen LogP contribution in [0.4, 0.5) is 0 Å². The van der Waals surface area contributed by atoms with Crippen molar-refractivity contribution in [2.45, 2.75) is 68.6 Å². The highest BCUT2D eigenvalue weighted by molar-refractivity contribution is 5.26. The van der Waals surface area contributed by atoms with Crippen molar-refractivity contribution in [3.63, 3.8) is 0 Å². The van der Waals surface area contributed by atoms with Crippen molar-refractivity contribution in [1.82, 2.24) is 0 Å². The van der Waals surface area contributed by atoms with E-state index in [0.29, 0.717) is 17.6 Å². The third-order valence-corrected chi connectivity index (χ3v) is 5.78. The fourth-order valence-corrected chi connectivity index (χ4v) is 5.10. The Bertz CT molecular complexity index is 305. The van der Waals surface area contributed by atoms with Crippen LogP contribution in [0.1, 0.15) is 51.4 Å². The Morgan fingerprint density at radius 3 is 2.87 bits per heavy atom. The molecule has 15 heavy (non-hydrogen) atoms. The Balaban J connectivity index is 1.74. The molecule has 2 heteroatoms. The molecule has 4 fully saturated rings. The number of nitrogens with two attached hydrogens (primary N) is 1. The number of hydrogen-bond acceptors (Lipinski definition) is 2. The highest BCUT2D eigenvalue weighted by atomic mass is 16.6. The number of hydrogen-bond donors (Lipinski definition) is 1. The van der Waals surface area contributed by atoms with Gasteiger partial charge in [-0.05, 0) is 38.0 Å². The van der Waals surface area contributed by atoms with Crippen LogP contribution in [-0.2, 0) is 4.74 Å². The lowest BCUT2D eigenvalue weighted by Crippen LogP contribution is -2.56. The Morgan fingerprint density at radius 1 is 1.07 bits per heavy atom. The Morgan fingerprint density at radius 2 is 1.93 bits per heavy atom. The van der Waals surface area contributed by atoms with Gasteiger partial charge in [0.2, 0.25) is 0 Å². The highest BCUT2D eigenvalue weighted by Crippen LogP contribution is 2.69. The van der Waals surface area contributed by atoms with Gasteiger partial charge in [-0.25, -0.2) is 0 Å². The van der Waals surface area contributed by atoms with E-state index in [-0.39, 0.29) is 5.60 Å². The van der Waals surface area contributed by atoms with Crippen molar-refractivity contribution < 1.29 is 4.74 Å². The minimum atomic E-state index is 0.265. The molecule has 5 atom stereocenters. The van der Waals surface area contributed by atoms with Gasteiger partial charge in [0.15, 0.2) is 0 Å². The van der Waals surface area contributed by atoms with Gasteiger partial charge >= 0.3 is 0 Å². The normalized spacial score (nSPS) is 61.8. The molecule has 0 aromatic carbocycles. The molecule has 4 aliphatic rings. The fourth-order valence-electron chi connectivity index (χ4n) is 5.10. The molecule has 1 saturated heterocycles. The Kier molecular flexibility index (Phi) is 1.56. The lowest BCUT2D eigenvalue weighted by molar-refractivity contribution is 0.0821. The molecule has 3 aliphatic carbocycles. The third-order valence-electron chi connectivity index (χ3n) is 5.78. The molecular formula is C13H21NO. The number of epoxide rings is 1. The lowest BCUT2D eigenvalue weighted by atomic mass is 9.56. The van der Waals surface area contributed by atoms with Crippen molar-refractivity contribution in [1.29, 1.82) is 0 Å². The van der Waals surface area contributed by atoms with Gasteiger partial charge in [0.1, 0.15) is 5.60 Å². The summed E-state index contributed by atoms with van der Waals surface area (Å²) >= 11 is 0. The average molecular weight is 207 g/mol. The number of ether oxygens (including phenoxy) is 1. The van der Waals surface area contributed by atoms with Gasteiger partial charge < -0.3 is 10.5 Å². The van der Waals surface area contributed by atoms with Gasteiger partial charge in [-0.15, -0.1) is 0 Å². The van der Waals surface area contributed by atoms with Crippen LogP contribution in [0, 0.1) is 11.8 Å². The first-order valence-electron chi connectivity index (χ1n) is 6.73. The molecule has 2 bridgehead atoms. The van der Waals surface area contributed by atoms with Gasteiger partial charge in [0, 0.05) is 12.0 Å². The van der Waals surface area contributed by atoms with Crippen LogP contribution in [0.25, 0.3) is 0 Å². The second kappa shape index (κ2) is 2.60. The number of fused-ring (bicyclic) bond motifs is 2. The lowest BCUT2D eigenvalue weighted by Gasteiger charge is -2.47. The van der Waals surface area contributed by atoms with Crippen molar-refractivity contribution in [3.8, 4) is 0 Å². The Labute approximate surface area is 91.5 Å². The summed E-state index contributed by atoms with van der Waals surface area (Å²) < 4.78 is 6.32. The van der Waals surface area contributed by atoms with Gasteiger partial charge in [-0.1, -0.05) is 19.3 Å². The van der Waals surface area contributed by atoms with Crippen LogP contribution in [0.15, 0.2) is 0 Å². The first-order chi connectivity index (χ1) is 7.28. The first kappa shape index (κ1) is 9.00. The molecule has 1 aliphatic heterocycles. The number of rotatable bonds is 0. The van der Waals surface area contributed by atoms with Crippen LogP contribution in [0.2, 0.25) is 0 Å². The van der Waals surface area contributed by atoms with Crippen molar-refractivity contribution in [2.75, 3.05) is 0 Å². The van der Waals surface area contributed by atoms with E-state index >= 15 is 0 Å². The molecule has 4 rings (SSSR count). The topological polar surface area (TPSA) is 38.5 Å². The van der Waals surface area contributed by atoms with Gasteiger partial charge in [0.05, 0.1) is 5.60 Å². The summed E-state index contributed by atoms with van der Waals surface area (Å²) in [6.07, 6.45) is 10.8. The van der Waals surface area contributed by atoms with Crippen LogP contribution < -0.4 is 5.73 Å². The molecular weight excluding hydrogens is 186 g/mol. The van der Waals surface area contributed by atoms with E-state index in [1.807, 2.05) is 0 Å². The predicted molar refractivity (Wildman–Crippen MR) is 58.4 cm³/mol. The van der Waals surface area contributed by atoms with Gasteiger partial charge in [-0.2, -0.15) is 0 Å². The molecule has 0 aromatic rings. The highest BCUT2D eigenvalue weighted by Gasteiger charge is 2.77. The van der Waals surface area contributed by atoms with E-state index in [2.05, 4.69) is 0 Å². The third kappa shape index (κ3) is 0.898. The van der Waals surface area contributed by atoms with E-state index in [9.17, 15) is 0 Å². The van der Waals surface area contributed by atoms with E-state index in [1.54, 1.807) is 0 Å². The largest absolute Gasteiger partial charge is 0.362 e. The quantitative estimate of drug-likeness (QED) is 0.618. The molecule has 0 amide bonds. The fraction of sp³-hybridized carbons (Fsp3) is 1.00. The summed E-state index contributed by atoms with van der Waals surface area (Å²) in [4.78, 5) is 0. The molecule has 1 heterocycles. The average Bonchev–Trinajstić information content (AvgIpc) is 2.88. The van der Waals surface area contributed by atoms with E-state index in [1.165, 1.54) is 51.4 Å². The molecule has 5 unspecified atom stereocenters. The molecule has 2 N–H and O–H groups in total. The second-order valence-corrected chi connectivity index (χ2v) is 6.27. The van der Waals surface area contributed by atoms with Crippen molar-refractivity contribution >= 4 is 0 Å². The maximum atomic E-state index is 6.42. The standard InChI is InChI=1S/C13H21NO/c14-11-9-4-3-5-10(11)13-7-2-1-6-12(13,8-9)15-13/h9-11H,1-8,14H2. The van der Waals surface area contributed by atoms with Crippen LogP contribution in [-0.4, -0.2) is 17.2 Å². The maximum Gasteiger partial charge on any atom is 0.102 e. The summed E-state index contributed by atoms with van der Waals surface area (Å²) in [5, 5.41) is 0. The van der Waals surface area contributed by atoms with E-state index < -0.39 is 0 Å². The minimum Gasteiger partial charge on any atom is -0.362 e. The molecule has 0 radical (unpaired) electrons. The zero-order valence-electron chi connectivity index (χ0n) is 9.37. The van der Waals surface area contributed by atoms with Gasteiger partial charge in [-0.3, -0.25) is 0 Å². The maximum absolute atomic E-state index is 6.42. The van der Waals surface area contributed by atoms with Crippen LogP contribution >= 0.6 is 0 Å². The summed E-state index contributed by atoms with van der Waals surface area (Å²) in [7, 11) is 0. The predicted octanol–water partition coefficient (Wildman–Crippen LogP) is 2.22. The van der Waals surface area contributed by atoms with Crippen LogP contribution in [0.5, 0.6) is 0 Å². The smallest absolute Gasteiger partial charge is 0.102 e. The summed E-state index contributed by atoms with van der Waals surface area (Å²) in [5.74, 6) is 1.47. The molecule has 0 aromatic heterocycles. The van der Waals surface area contributed by atoms with Crippen molar-refractivity contribution in [2.24, 2.45) is 17.6 Å². The Hall–Kier alpha value is -0.0800. The van der Waals surface area contributed by atoms with E-state index in [0.717, 1.165) is 5.92 Å². The SMILES string of the molecule is NC1C2CCCC1C13CCCCC1(C2)O3. The molecule has 3 saturated carbocycles. The summed E-state index contributed by atoms with van der Waals surface area (Å²) in [5.41, 5.74) is 7.00. The second-order valence-electron chi connectivity index (χ2n) is 6.27. The van der Waals surface area contributed by atoms with Crippen molar-refractivity contribution in [3.05, 3.63) is 0 Å². The summed E-state index contributed by atoms with van der Waals surface area (Å²) in [6.45, 7) is 0. The monoisotopic (exact) mass is 207 g/mol. The zero-order chi connectivity index (χ0) is 10.1. The molecule has 0 spiro atoms. The molecule has 2 nitrogen and oxygen atoms in total. The van der Waals surface area contributed by atoms with Gasteiger partial charge in [0.25, 0.3) is 0 Å². The first-order valence-corrected chi connectivity index (χ1v) is 6.73. The van der Waals surface area contributed by atoms with E-state index in [4.69, 9.17) is 10.5 Å². The molecule has 84 valence electrons. The summed E-state index contributed by atoms with van der Waals surface area (Å²) in [6, 6.07) is 0.451. The zero-order valence-corrected chi connectivity index (χ0v) is 9.37. The van der Waals surface area contributed by atoms with Crippen LogP contribution in [0.3, 0.4) is 0 Å².